The topological polar surface area (TPSA) is 37.4 Å². The molecular weight excluding hydrogens is 226 g/mol. The molecule has 18 heavy (non-hydrogen) atoms. The fourth-order valence-electron chi connectivity index (χ4n) is 2.41. The highest BCUT2D eigenvalue weighted by Gasteiger charge is 2.31. The van der Waals surface area contributed by atoms with Gasteiger partial charge >= 0.3 is 0 Å². The van der Waals surface area contributed by atoms with Gasteiger partial charge in [-0.25, -0.2) is 0 Å². The van der Waals surface area contributed by atoms with E-state index in [2.05, 4.69) is 48.2 Å². The van der Waals surface area contributed by atoms with Crippen LogP contribution < -0.4 is 5.32 Å². The molecule has 2 rings (SSSR count). The van der Waals surface area contributed by atoms with Crippen LogP contribution in [0.5, 0.6) is 0 Å². The Morgan fingerprint density at radius 2 is 2.17 bits per heavy atom. The SMILES string of the molecule is CC(C)NCC1OCCN(C)C1c1ccncc1. The Morgan fingerprint density at radius 1 is 1.44 bits per heavy atom. The highest BCUT2D eigenvalue weighted by molar-refractivity contribution is 5.17. The van der Waals surface area contributed by atoms with Crippen molar-refractivity contribution in [2.45, 2.75) is 32.0 Å². The Bertz CT molecular complexity index is 355. The Kier molecular flexibility index (Phi) is 4.69. The summed E-state index contributed by atoms with van der Waals surface area (Å²) in [5, 5.41) is 3.47. The largest absolute Gasteiger partial charge is 0.374 e. The summed E-state index contributed by atoms with van der Waals surface area (Å²) in [6.45, 7) is 6.99. The number of pyridine rings is 1. The van der Waals surface area contributed by atoms with Gasteiger partial charge in [0.15, 0.2) is 0 Å². The highest BCUT2D eigenvalue weighted by atomic mass is 16.5. The second-order valence-corrected chi connectivity index (χ2v) is 5.18. The van der Waals surface area contributed by atoms with E-state index >= 15 is 0 Å². The third-order valence-corrected chi connectivity index (χ3v) is 3.38. The maximum absolute atomic E-state index is 5.94. The lowest BCUT2D eigenvalue weighted by atomic mass is 9.99. The lowest BCUT2D eigenvalue weighted by Crippen LogP contribution is -2.48. The van der Waals surface area contributed by atoms with Crippen molar-refractivity contribution >= 4 is 0 Å². The summed E-state index contributed by atoms with van der Waals surface area (Å²) in [6, 6.07) is 4.96. The van der Waals surface area contributed by atoms with E-state index in [-0.39, 0.29) is 6.10 Å². The first kappa shape index (κ1) is 13.5. The maximum atomic E-state index is 5.94. The summed E-state index contributed by atoms with van der Waals surface area (Å²) >= 11 is 0. The first-order valence-corrected chi connectivity index (χ1v) is 6.63. The highest BCUT2D eigenvalue weighted by Crippen LogP contribution is 2.27. The molecule has 1 N–H and O–H groups in total. The minimum atomic E-state index is 0.202. The summed E-state index contributed by atoms with van der Waals surface area (Å²) < 4.78 is 5.94. The molecular formula is C14H23N3O. The van der Waals surface area contributed by atoms with Crippen molar-refractivity contribution in [1.29, 1.82) is 0 Å². The van der Waals surface area contributed by atoms with Crippen LogP contribution in [0.1, 0.15) is 25.5 Å². The standard InChI is InChI=1S/C14H23N3O/c1-11(2)16-10-13-14(17(3)8-9-18-13)12-4-6-15-7-5-12/h4-7,11,13-14,16H,8-10H2,1-3H3. The van der Waals surface area contributed by atoms with E-state index in [1.54, 1.807) is 0 Å². The van der Waals surface area contributed by atoms with Crippen LogP contribution in [-0.4, -0.2) is 48.8 Å². The van der Waals surface area contributed by atoms with Crippen molar-refractivity contribution in [2.75, 3.05) is 26.7 Å². The van der Waals surface area contributed by atoms with E-state index < -0.39 is 0 Å². The van der Waals surface area contributed by atoms with Gasteiger partial charge < -0.3 is 10.1 Å². The number of hydrogen-bond acceptors (Lipinski definition) is 4. The Balaban J connectivity index is 2.10. The van der Waals surface area contributed by atoms with Crippen LogP contribution in [0.2, 0.25) is 0 Å². The van der Waals surface area contributed by atoms with Crippen molar-refractivity contribution in [3.8, 4) is 0 Å². The number of aromatic nitrogens is 1. The van der Waals surface area contributed by atoms with Gasteiger partial charge in [-0.3, -0.25) is 9.88 Å². The van der Waals surface area contributed by atoms with Gasteiger partial charge in [0.2, 0.25) is 0 Å². The molecule has 100 valence electrons. The molecule has 1 aromatic rings. The number of hydrogen-bond donors (Lipinski definition) is 1. The molecule has 0 amide bonds. The number of morpholine rings is 1. The molecule has 0 saturated carbocycles. The second kappa shape index (κ2) is 6.27. The number of nitrogens with one attached hydrogen (secondary N) is 1. The van der Waals surface area contributed by atoms with Crippen LogP contribution in [0.15, 0.2) is 24.5 Å². The summed E-state index contributed by atoms with van der Waals surface area (Å²) in [5.41, 5.74) is 1.28. The lowest BCUT2D eigenvalue weighted by Gasteiger charge is -2.39. The number of ether oxygens (including phenoxy) is 1. The van der Waals surface area contributed by atoms with Gasteiger partial charge in [0.1, 0.15) is 0 Å². The third-order valence-electron chi connectivity index (χ3n) is 3.38. The van der Waals surface area contributed by atoms with E-state index in [4.69, 9.17) is 4.74 Å². The van der Waals surface area contributed by atoms with Crippen molar-refractivity contribution in [3.05, 3.63) is 30.1 Å². The Labute approximate surface area is 109 Å². The molecule has 0 spiro atoms. The predicted octanol–water partition coefficient (Wildman–Crippen LogP) is 1.45. The molecule has 4 heteroatoms. The third kappa shape index (κ3) is 3.28. The zero-order valence-corrected chi connectivity index (χ0v) is 11.5. The molecule has 4 nitrogen and oxygen atoms in total. The lowest BCUT2D eigenvalue weighted by molar-refractivity contribution is -0.0620. The van der Waals surface area contributed by atoms with E-state index in [1.165, 1.54) is 5.56 Å². The zero-order valence-electron chi connectivity index (χ0n) is 11.5. The minimum absolute atomic E-state index is 0.202. The predicted molar refractivity (Wildman–Crippen MR) is 72.5 cm³/mol. The molecule has 1 aliphatic rings. The molecule has 0 aromatic carbocycles. The van der Waals surface area contributed by atoms with Gasteiger partial charge in [0.05, 0.1) is 18.8 Å². The number of likely N-dealkylation sites (N-methyl/N-ethyl adjacent to an activating group) is 1. The maximum Gasteiger partial charge on any atom is 0.0896 e. The second-order valence-electron chi connectivity index (χ2n) is 5.18. The monoisotopic (exact) mass is 249 g/mol. The molecule has 1 aliphatic heterocycles. The van der Waals surface area contributed by atoms with Crippen LogP contribution in [-0.2, 0) is 4.74 Å². The van der Waals surface area contributed by atoms with Crippen LogP contribution in [0.3, 0.4) is 0 Å². The first-order chi connectivity index (χ1) is 8.68. The normalized spacial score (nSPS) is 25.6. The van der Waals surface area contributed by atoms with Crippen molar-refractivity contribution in [3.63, 3.8) is 0 Å². The molecule has 0 bridgehead atoms. The zero-order chi connectivity index (χ0) is 13.0. The molecule has 0 aliphatic carbocycles. The van der Waals surface area contributed by atoms with Crippen LogP contribution in [0, 0.1) is 0 Å². The molecule has 2 heterocycles. The molecule has 2 unspecified atom stereocenters. The van der Waals surface area contributed by atoms with E-state index in [0.29, 0.717) is 12.1 Å². The van der Waals surface area contributed by atoms with Gasteiger partial charge in [0, 0.05) is 31.5 Å². The van der Waals surface area contributed by atoms with Crippen molar-refractivity contribution < 1.29 is 4.74 Å². The summed E-state index contributed by atoms with van der Waals surface area (Å²) in [6.07, 6.45) is 3.91. The van der Waals surface area contributed by atoms with Gasteiger partial charge in [0.25, 0.3) is 0 Å². The molecule has 1 aromatic heterocycles. The van der Waals surface area contributed by atoms with Gasteiger partial charge in [-0.15, -0.1) is 0 Å². The van der Waals surface area contributed by atoms with E-state index in [0.717, 1.165) is 19.7 Å². The fraction of sp³-hybridized carbons (Fsp3) is 0.643. The quantitative estimate of drug-likeness (QED) is 0.876. The van der Waals surface area contributed by atoms with Gasteiger partial charge in [-0.05, 0) is 24.7 Å². The minimum Gasteiger partial charge on any atom is -0.374 e. The molecule has 0 radical (unpaired) electrons. The first-order valence-electron chi connectivity index (χ1n) is 6.63. The van der Waals surface area contributed by atoms with Crippen LogP contribution in [0.4, 0.5) is 0 Å². The Hall–Kier alpha value is -0.970. The van der Waals surface area contributed by atoms with Crippen molar-refractivity contribution in [1.82, 2.24) is 15.2 Å². The van der Waals surface area contributed by atoms with E-state index in [1.807, 2.05) is 12.4 Å². The molecule has 1 saturated heterocycles. The average Bonchev–Trinajstić information content (AvgIpc) is 2.37. The van der Waals surface area contributed by atoms with Gasteiger partial charge in [-0.1, -0.05) is 13.8 Å². The smallest absolute Gasteiger partial charge is 0.0896 e. The summed E-state index contributed by atoms with van der Waals surface area (Å²) in [4.78, 5) is 6.46. The number of nitrogens with zero attached hydrogens (tertiary/aromatic N) is 2. The Morgan fingerprint density at radius 3 is 2.83 bits per heavy atom. The molecule has 1 fully saturated rings. The molecule has 2 atom stereocenters. The van der Waals surface area contributed by atoms with Gasteiger partial charge in [-0.2, -0.15) is 0 Å². The number of rotatable bonds is 4. The average molecular weight is 249 g/mol. The summed E-state index contributed by atoms with van der Waals surface area (Å²) in [7, 11) is 2.16. The van der Waals surface area contributed by atoms with Crippen LogP contribution in [0.25, 0.3) is 0 Å². The fourth-order valence-corrected chi connectivity index (χ4v) is 2.41. The summed E-state index contributed by atoms with van der Waals surface area (Å²) in [5.74, 6) is 0. The van der Waals surface area contributed by atoms with Crippen molar-refractivity contribution in [2.24, 2.45) is 0 Å². The van der Waals surface area contributed by atoms with Crippen LogP contribution >= 0.6 is 0 Å². The van der Waals surface area contributed by atoms with E-state index in [9.17, 15) is 0 Å².